The number of rotatable bonds is 6. The molecule has 4 atom stereocenters. The minimum Gasteiger partial charge on any atom is -0.457 e. The highest BCUT2D eigenvalue weighted by molar-refractivity contribution is 5.83. The van der Waals surface area contributed by atoms with Crippen LogP contribution in [0.1, 0.15) is 38.3 Å². The van der Waals surface area contributed by atoms with Gasteiger partial charge < -0.3 is 24.4 Å². The maximum absolute atomic E-state index is 15.1. The van der Waals surface area contributed by atoms with Gasteiger partial charge in [0.25, 0.3) is 11.4 Å². The highest BCUT2D eigenvalue weighted by Gasteiger charge is 2.59. The molecule has 2 heterocycles. The van der Waals surface area contributed by atoms with Gasteiger partial charge in [-0.15, -0.1) is 0 Å². The van der Waals surface area contributed by atoms with Crippen molar-refractivity contribution in [1.29, 1.82) is 0 Å². The normalized spacial score (nSPS) is 34.0. The lowest BCUT2D eigenvalue weighted by molar-refractivity contribution is -0.223. The third kappa shape index (κ3) is 3.28. The van der Waals surface area contributed by atoms with Gasteiger partial charge in [0, 0.05) is 12.3 Å². The largest absolute Gasteiger partial charge is 0.457 e. The number of aliphatic hydroxyl groups is 2. The van der Waals surface area contributed by atoms with E-state index < -0.39 is 53.7 Å². The van der Waals surface area contributed by atoms with E-state index in [1.807, 2.05) is 4.98 Å². The Morgan fingerprint density at radius 2 is 2.07 bits per heavy atom. The second kappa shape index (κ2) is 6.76. The topological polar surface area (TPSA) is 140 Å². The fourth-order valence-corrected chi connectivity index (χ4v) is 3.31. The van der Waals surface area contributed by atoms with Crippen molar-refractivity contribution in [2.24, 2.45) is 0 Å². The molecular weight excluding hydrogens is 379 g/mol. The van der Waals surface area contributed by atoms with Crippen LogP contribution in [-0.2, 0) is 19.0 Å². The maximum Gasteiger partial charge on any atom is 0.338 e. The number of esters is 1. The summed E-state index contributed by atoms with van der Waals surface area (Å²) < 4.78 is 31.6. The smallest absolute Gasteiger partial charge is 0.338 e. The average molecular weight is 400 g/mol. The van der Waals surface area contributed by atoms with Gasteiger partial charge in [-0.1, -0.05) is 0 Å². The van der Waals surface area contributed by atoms with Crippen molar-refractivity contribution in [3.8, 4) is 0 Å². The van der Waals surface area contributed by atoms with Crippen molar-refractivity contribution in [1.82, 2.24) is 9.55 Å². The first-order valence-electron chi connectivity index (χ1n) is 9.13. The van der Waals surface area contributed by atoms with E-state index in [9.17, 15) is 24.6 Å². The second-order valence-electron chi connectivity index (χ2n) is 7.49. The Balaban J connectivity index is 1.43. The Bertz CT molecular complexity index is 876. The molecule has 0 bridgehead atoms. The van der Waals surface area contributed by atoms with Crippen molar-refractivity contribution in [3.05, 3.63) is 33.1 Å². The third-order valence-corrected chi connectivity index (χ3v) is 5.42. The molecule has 28 heavy (non-hydrogen) atoms. The molecule has 0 aromatic carbocycles. The zero-order valence-electron chi connectivity index (χ0n) is 14.9. The number of aromatic amines is 1. The van der Waals surface area contributed by atoms with Gasteiger partial charge >= 0.3 is 11.7 Å². The van der Waals surface area contributed by atoms with E-state index in [1.54, 1.807) is 0 Å². The van der Waals surface area contributed by atoms with Crippen LogP contribution in [0.4, 0.5) is 4.39 Å². The molecule has 0 spiro atoms. The summed E-state index contributed by atoms with van der Waals surface area (Å²) in [5.74, 6) is -3.67. The van der Waals surface area contributed by atoms with Crippen LogP contribution < -0.4 is 11.2 Å². The quantitative estimate of drug-likeness (QED) is 0.522. The predicted molar refractivity (Wildman–Crippen MR) is 88.9 cm³/mol. The number of alkyl halides is 1. The SMILES string of the molecule is O=C(OC[C@@]1(F)O[C@@H](n2ccc(=O)[nH]c2=O)[C@H](O)[C@@H]1O)C1(OC2CCC2)CC1. The minimum absolute atomic E-state index is 0.000946. The van der Waals surface area contributed by atoms with Gasteiger partial charge in [-0.25, -0.2) is 14.0 Å². The van der Waals surface area contributed by atoms with Crippen LogP contribution in [0.3, 0.4) is 0 Å². The number of hydrogen-bond acceptors (Lipinski definition) is 8. The molecule has 1 saturated heterocycles. The summed E-state index contributed by atoms with van der Waals surface area (Å²) in [7, 11) is 0. The standard InChI is InChI=1S/C17H21FN2O8/c18-17(8-26-14(24)16(5-6-16)27-9-2-1-3-9)12(23)11(22)13(28-17)20-7-4-10(21)19-15(20)25/h4,7,9,11-13,22-23H,1-3,5-6,8H2,(H,19,21,25)/t11-,12+,13-,17-/m1/s1. The number of nitrogens with zero attached hydrogens (tertiary/aromatic N) is 1. The van der Waals surface area contributed by atoms with Crippen LogP contribution in [0, 0.1) is 0 Å². The zero-order valence-corrected chi connectivity index (χ0v) is 14.9. The molecule has 2 aliphatic carbocycles. The lowest BCUT2D eigenvalue weighted by Gasteiger charge is -2.30. The number of aromatic nitrogens is 2. The molecule has 3 N–H and O–H groups in total. The molecule has 0 unspecified atom stereocenters. The lowest BCUT2D eigenvalue weighted by atomic mass is 9.96. The Kier molecular flexibility index (Phi) is 4.65. The molecule has 1 aliphatic heterocycles. The molecule has 3 aliphatic rings. The van der Waals surface area contributed by atoms with Crippen molar-refractivity contribution in [3.63, 3.8) is 0 Å². The fourth-order valence-electron chi connectivity index (χ4n) is 3.31. The molecular formula is C17H21FN2O8. The molecule has 1 aromatic heterocycles. The number of carbonyl (C=O) groups is 1. The van der Waals surface area contributed by atoms with Gasteiger partial charge in [-0.2, -0.15) is 0 Å². The number of H-pyrrole nitrogens is 1. The first-order chi connectivity index (χ1) is 13.2. The molecule has 154 valence electrons. The molecule has 2 saturated carbocycles. The first-order valence-corrected chi connectivity index (χ1v) is 9.13. The summed E-state index contributed by atoms with van der Waals surface area (Å²) in [6.45, 7) is -0.978. The van der Waals surface area contributed by atoms with Crippen LogP contribution in [0.15, 0.2) is 21.9 Å². The Labute approximate surface area is 157 Å². The molecule has 10 nitrogen and oxygen atoms in total. The first kappa shape index (κ1) is 19.2. The Hall–Kier alpha value is -2.08. The zero-order chi connectivity index (χ0) is 20.1. The minimum atomic E-state index is -2.93. The van der Waals surface area contributed by atoms with Gasteiger partial charge in [0.15, 0.2) is 18.4 Å². The van der Waals surface area contributed by atoms with Crippen LogP contribution in [0.2, 0.25) is 0 Å². The number of nitrogens with one attached hydrogen (secondary N) is 1. The van der Waals surface area contributed by atoms with E-state index in [4.69, 9.17) is 14.2 Å². The van der Waals surface area contributed by atoms with E-state index in [2.05, 4.69) is 0 Å². The highest BCUT2D eigenvalue weighted by Crippen LogP contribution is 2.45. The number of ether oxygens (including phenoxy) is 3. The monoisotopic (exact) mass is 400 g/mol. The molecule has 0 radical (unpaired) electrons. The summed E-state index contributed by atoms with van der Waals surface area (Å²) in [4.78, 5) is 37.3. The van der Waals surface area contributed by atoms with Gasteiger partial charge in [0.2, 0.25) is 0 Å². The van der Waals surface area contributed by atoms with Crippen molar-refractivity contribution >= 4 is 5.97 Å². The molecule has 4 rings (SSSR count). The van der Waals surface area contributed by atoms with Gasteiger partial charge in [-0.05, 0) is 32.1 Å². The van der Waals surface area contributed by atoms with E-state index in [-0.39, 0.29) is 6.10 Å². The van der Waals surface area contributed by atoms with Crippen LogP contribution in [-0.4, -0.2) is 62.1 Å². The number of halogens is 1. The fraction of sp³-hybridized carbons (Fsp3) is 0.706. The molecule has 1 aromatic rings. The predicted octanol–water partition coefficient (Wildman–Crippen LogP) is -0.902. The number of hydrogen-bond donors (Lipinski definition) is 3. The van der Waals surface area contributed by atoms with E-state index in [0.29, 0.717) is 12.8 Å². The number of carbonyl (C=O) groups excluding carboxylic acids is 1. The average Bonchev–Trinajstić information content (AvgIpc) is 3.37. The molecule has 3 fully saturated rings. The highest BCUT2D eigenvalue weighted by atomic mass is 19.2. The molecule has 0 amide bonds. The summed E-state index contributed by atoms with van der Waals surface area (Å²) in [6, 6.07) is 0.983. The Morgan fingerprint density at radius 1 is 1.36 bits per heavy atom. The summed E-state index contributed by atoms with van der Waals surface area (Å²) >= 11 is 0. The maximum atomic E-state index is 15.1. The Morgan fingerprint density at radius 3 is 2.64 bits per heavy atom. The lowest BCUT2D eigenvalue weighted by Crippen LogP contribution is -2.45. The van der Waals surface area contributed by atoms with Crippen molar-refractivity contribution < 1.29 is 33.6 Å². The summed E-state index contributed by atoms with van der Waals surface area (Å²) in [5, 5.41) is 20.2. The second-order valence-corrected chi connectivity index (χ2v) is 7.49. The van der Waals surface area contributed by atoms with Crippen molar-refractivity contribution in [2.45, 2.75) is 68.1 Å². The van der Waals surface area contributed by atoms with Gasteiger partial charge in [0.05, 0.1) is 6.10 Å². The summed E-state index contributed by atoms with van der Waals surface area (Å²) in [5.41, 5.74) is -2.70. The van der Waals surface area contributed by atoms with E-state index >= 15 is 4.39 Å². The van der Waals surface area contributed by atoms with Gasteiger partial charge in [-0.3, -0.25) is 14.3 Å². The van der Waals surface area contributed by atoms with Crippen LogP contribution in [0.25, 0.3) is 0 Å². The molecule has 11 heteroatoms. The van der Waals surface area contributed by atoms with Crippen LogP contribution in [0.5, 0.6) is 0 Å². The third-order valence-electron chi connectivity index (χ3n) is 5.42. The van der Waals surface area contributed by atoms with E-state index in [1.165, 1.54) is 0 Å². The van der Waals surface area contributed by atoms with E-state index in [0.717, 1.165) is 36.1 Å². The van der Waals surface area contributed by atoms with Crippen LogP contribution >= 0.6 is 0 Å². The number of aliphatic hydroxyl groups excluding tert-OH is 2. The summed E-state index contributed by atoms with van der Waals surface area (Å²) in [6.07, 6.45) is -0.785. The van der Waals surface area contributed by atoms with Crippen molar-refractivity contribution in [2.75, 3.05) is 6.61 Å². The van der Waals surface area contributed by atoms with Gasteiger partial charge in [0.1, 0.15) is 12.2 Å².